The quantitative estimate of drug-likeness (QED) is 0.418. The molecule has 5 rings (SSSR count). The van der Waals surface area contributed by atoms with E-state index in [-0.39, 0.29) is 10.8 Å². The Kier molecular flexibility index (Phi) is 4.87. The first kappa shape index (κ1) is 20.0. The zero-order valence-electron chi connectivity index (χ0n) is 17.9. The van der Waals surface area contributed by atoms with Crippen LogP contribution in [0.2, 0.25) is 0 Å². The van der Waals surface area contributed by atoms with Gasteiger partial charge in [-0.3, -0.25) is 4.79 Å². The summed E-state index contributed by atoms with van der Waals surface area (Å²) < 4.78 is 12.7. The van der Waals surface area contributed by atoms with Crippen molar-refractivity contribution in [1.29, 1.82) is 0 Å². The molecule has 0 radical (unpaired) electrons. The van der Waals surface area contributed by atoms with Crippen molar-refractivity contribution < 1.29 is 9.00 Å². The second-order valence-electron chi connectivity index (χ2n) is 9.89. The second kappa shape index (κ2) is 7.32. The van der Waals surface area contributed by atoms with Crippen LogP contribution >= 0.6 is 0 Å². The van der Waals surface area contributed by atoms with E-state index in [1.165, 1.54) is 17.6 Å². The van der Waals surface area contributed by atoms with Crippen LogP contribution in [0, 0.1) is 22.7 Å². The fraction of sp³-hybridized carbons (Fsp3) is 0.481. The van der Waals surface area contributed by atoms with Crippen LogP contribution in [0.5, 0.6) is 0 Å². The minimum Gasteiger partial charge on any atom is -0.295 e. The summed E-state index contributed by atoms with van der Waals surface area (Å²) in [6.45, 7) is 4.78. The molecule has 0 saturated heterocycles. The molecule has 4 aliphatic rings. The predicted molar refractivity (Wildman–Crippen MR) is 121 cm³/mol. The Balaban J connectivity index is 1.47. The third kappa shape index (κ3) is 3.06. The van der Waals surface area contributed by atoms with Crippen LogP contribution in [0.3, 0.4) is 0 Å². The topological polar surface area (TPSA) is 34.1 Å². The maximum Gasteiger partial charge on any atom is 0.155 e. The zero-order chi connectivity index (χ0) is 20.9. The molecular formula is C27H30O2S. The van der Waals surface area contributed by atoms with E-state index in [2.05, 4.69) is 25.7 Å². The van der Waals surface area contributed by atoms with Crippen LogP contribution in [0.4, 0.5) is 0 Å². The summed E-state index contributed by atoms with van der Waals surface area (Å²) in [5, 5.41) is 1.77. The summed E-state index contributed by atoms with van der Waals surface area (Å²) in [6, 6.07) is 9.64. The normalized spacial score (nSPS) is 35.9. The molecule has 2 saturated carbocycles. The van der Waals surface area contributed by atoms with Crippen molar-refractivity contribution in [3.63, 3.8) is 0 Å². The van der Waals surface area contributed by atoms with Gasteiger partial charge in [-0.25, -0.2) is 4.21 Å². The fourth-order valence-corrected chi connectivity index (χ4v) is 7.47. The maximum absolute atomic E-state index is 12.7. The second-order valence-corrected chi connectivity index (χ2v) is 11.2. The Morgan fingerprint density at radius 2 is 1.90 bits per heavy atom. The van der Waals surface area contributed by atoms with Crippen LogP contribution < -0.4 is 0 Å². The molecule has 156 valence electrons. The van der Waals surface area contributed by atoms with E-state index < -0.39 is 10.8 Å². The molecule has 2 fully saturated rings. The molecule has 2 nitrogen and oxygen atoms in total. The Bertz CT molecular complexity index is 1040. The Morgan fingerprint density at radius 1 is 1.10 bits per heavy atom. The van der Waals surface area contributed by atoms with Crippen molar-refractivity contribution in [2.24, 2.45) is 22.7 Å². The highest BCUT2D eigenvalue weighted by Crippen LogP contribution is 2.64. The molecule has 4 aliphatic carbocycles. The summed E-state index contributed by atoms with van der Waals surface area (Å²) in [5.74, 6) is 1.55. The highest BCUT2D eigenvalue weighted by Gasteiger charge is 2.54. The summed E-state index contributed by atoms with van der Waals surface area (Å²) in [5.41, 5.74) is 8.03. The molecular weight excluding hydrogens is 388 g/mol. The third-order valence-electron chi connectivity index (χ3n) is 8.44. The van der Waals surface area contributed by atoms with E-state index in [1.54, 1.807) is 11.0 Å². The molecule has 0 heterocycles. The highest BCUT2D eigenvalue weighted by atomic mass is 32.2. The van der Waals surface area contributed by atoms with E-state index >= 15 is 0 Å². The van der Waals surface area contributed by atoms with Crippen LogP contribution in [0.15, 0.2) is 75.2 Å². The number of ketones is 1. The van der Waals surface area contributed by atoms with Crippen molar-refractivity contribution in [3.05, 3.63) is 70.3 Å². The molecule has 30 heavy (non-hydrogen) atoms. The van der Waals surface area contributed by atoms with Gasteiger partial charge in [0.05, 0.1) is 10.8 Å². The molecule has 1 aromatic rings. The van der Waals surface area contributed by atoms with Crippen molar-refractivity contribution in [2.45, 2.75) is 63.7 Å². The SMILES string of the molecule is C[C@]12CCC(=O)C=C1CC[C@@H]1C2=CC[C@]2(C)C(=C=C[S@@](=O)c3ccccc3)CC[C@@H]12. The molecule has 0 spiro atoms. The molecule has 0 amide bonds. The molecule has 0 aliphatic heterocycles. The average Bonchev–Trinajstić information content (AvgIpc) is 3.09. The highest BCUT2D eigenvalue weighted by molar-refractivity contribution is 7.88. The van der Waals surface area contributed by atoms with Gasteiger partial charge in [-0.15, -0.1) is 5.73 Å². The molecule has 5 atom stereocenters. The number of fused-ring (bicyclic) bond motifs is 5. The monoisotopic (exact) mass is 418 g/mol. The van der Waals surface area contributed by atoms with E-state index in [4.69, 9.17) is 0 Å². The minimum absolute atomic E-state index is 0.0925. The summed E-state index contributed by atoms with van der Waals surface area (Å²) in [7, 11) is -1.15. The summed E-state index contributed by atoms with van der Waals surface area (Å²) >= 11 is 0. The Hall–Kier alpha value is -1.96. The lowest BCUT2D eigenvalue weighted by Gasteiger charge is -2.52. The van der Waals surface area contributed by atoms with Crippen LogP contribution in [-0.2, 0) is 15.6 Å². The molecule has 0 N–H and O–H groups in total. The Morgan fingerprint density at radius 3 is 2.70 bits per heavy atom. The van der Waals surface area contributed by atoms with Crippen molar-refractivity contribution >= 4 is 16.6 Å². The van der Waals surface area contributed by atoms with Crippen molar-refractivity contribution in [3.8, 4) is 0 Å². The van der Waals surface area contributed by atoms with Gasteiger partial charge in [0.15, 0.2) is 5.78 Å². The molecule has 0 unspecified atom stereocenters. The van der Waals surface area contributed by atoms with Gasteiger partial charge >= 0.3 is 0 Å². The van der Waals surface area contributed by atoms with E-state index in [1.807, 2.05) is 36.4 Å². The maximum atomic E-state index is 12.7. The van der Waals surface area contributed by atoms with Crippen LogP contribution in [-0.4, -0.2) is 9.99 Å². The van der Waals surface area contributed by atoms with Gasteiger partial charge in [0.25, 0.3) is 0 Å². The van der Waals surface area contributed by atoms with Crippen molar-refractivity contribution in [2.75, 3.05) is 0 Å². The van der Waals surface area contributed by atoms with Crippen LogP contribution in [0.1, 0.15) is 58.8 Å². The van der Waals surface area contributed by atoms with Gasteiger partial charge in [0, 0.05) is 27.6 Å². The average molecular weight is 419 g/mol. The van der Waals surface area contributed by atoms with Gasteiger partial charge in [0.2, 0.25) is 0 Å². The van der Waals surface area contributed by atoms with E-state index in [9.17, 15) is 9.00 Å². The zero-order valence-corrected chi connectivity index (χ0v) is 18.8. The number of carbonyl (C=O) groups is 1. The fourth-order valence-electron chi connectivity index (χ4n) is 6.66. The number of hydrogen-bond donors (Lipinski definition) is 0. The van der Waals surface area contributed by atoms with Gasteiger partial charge in [-0.1, -0.05) is 49.3 Å². The first-order valence-electron chi connectivity index (χ1n) is 11.3. The number of rotatable bonds is 2. The molecule has 0 bridgehead atoms. The predicted octanol–water partition coefficient (Wildman–Crippen LogP) is 6.29. The molecule has 0 aromatic heterocycles. The van der Waals surface area contributed by atoms with E-state index in [0.29, 0.717) is 24.0 Å². The Labute approximate surface area is 182 Å². The third-order valence-corrected chi connectivity index (χ3v) is 9.51. The largest absolute Gasteiger partial charge is 0.295 e. The number of carbonyl (C=O) groups excluding carboxylic acids is 1. The summed E-state index contributed by atoms with van der Waals surface area (Å²) in [6.07, 6.45) is 11.6. The number of hydrogen-bond acceptors (Lipinski definition) is 2. The number of allylic oxidation sites excluding steroid dienone is 5. The lowest BCUT2D eigenvalue weighted by Crippen LogP contribution is -2.43. The molecule has 3 heteroatoms. The van der Waals surface area contributed by atoms with E-state index in [0.717, 1.165) is 37.0 Å². The lowest BCUT2D eigenvalue weighted by atomic mass is 9.52. The first-order chi connectivity index (χ1) is 14.4. The van der Waals surface area contributed by atoms with Crippen LogP contribution in [0.25, 0.3) is 0 Å². The van der Waals surface area contributed by atoms with Gasteiger partial charge in [0.1, 0.15) is 0 Å². The van der Waals surface area contributed by atoms with Crippen molar-refractivity contribution in [1.82, 2.24) is 0 Å². The van der Waals surface area contributed by atoms with Gasteiger partial charge in [-0.2, -0.15) is 0 Å². The lowest BCUT2D eigenvalue weighted by molar-refractivity contribution is -0.115. The molecule has 1 aromatic carbocycles. The minimum atomic E-state index is -1.15. The smallest absolute Gasteiger partial charge is 0.155 e. The van der Waals surface area contributed by atoms with Gasteiger partial charge < -0.3 is 0 Å². The number of benzene rings is 1. The standard InChI is InChI=1S/C27H30O2S/c1-26-16-13-25-23(10-8-20-18-21(28)12-15-27(20,25)2)24(26)11-9-19(26)14-17-30(29)22-6-4-3-5-7-22/h3-7,13,17-18,23-24H,8-12,15-16H2,1-2H3/t14?,23-,24-,26+,27-,30+/m0/s1. The first-order valence-corrected chi connectivity index (χ1v) is 12.5. The van der Waals surface area contributed by atoms with Gasteiger partial charge in [-0.05, 0) is 74.1 Å². The summed E-state index contributed by atoms with van der Waals surface area (Å²) in [4.78, 5) is 12.8.